The molecule has 1 aromatic carbocycles. The third-order valence-electron chi connectivity index (χ3n) is 2.74. The number of imidazole rings is 1. The van der Waals surface area contributed by atoms with Crippen LogP contribution in [-0.4, -0.2) is 22.2 Å². The molecule has 0 saturated carbocycles. The van der Waals surface area contributed by atoms with Crippen LogP contribution in [0.5, 0.6) is 5.75 Å². The minimum Gasteiger partial charge on any atom is -1.00 e. The van der Waals surface area contributed by atoms with Crippen molar-refractivity contribution in [2.24, 2.45) is 7.05 Å². The van der Waals surface area contributed by atoms with Crippen LogP contribution in [0.2, 0.25) is 0 Å². The van der Waals surface area contributed by atoms with Crippen LogP contribution in [-0.2, 0) is 18.3 Å². The van der Waals surface area contributed by atoms with Crippen molar-refractivity contribution >= 4 is 5.97 Å². The Morgan fingerprint density at radius 3 is 2.80 bits per heavy atom. The van der Waals surface area contributed by atoms with Crippen molar-refractivity contribution < 1.29 is 31.6 Å². The van der Waals surface area contributed by atoms with Gasteiger partial charge in [0.05, 0.1) is 20.2 Å². The summed E-state index contributed by atoms with van der Waals surface area (Å²) in [7, 11) is 1.95. The Hall–Kier alpha value is -2.01. The standard InChI is InChI=1S/C14H16N2O3.ClH/c1-15-8-9-16(11-15)7-4-10-19-14(18)12-5-2-3-6-13(12)17;/h2-3,5-6,8-9,11H,4,7,10H2,1H3;1H. The maximum Gasteiger partial charge on any atom is 0.341 e. The van der Waals surface area contributed by atoms with Gasteiger partial charge in [0.1, 0.15) is 23.7 Å². The predicted octanol–water partition coefficient (Wildman–Crippen LogP) is -1.73. The Kier molecular flexibility index (Phi) is 6.06. The molecule has 0 amide bonds. The van der Waals surface area contributed by atoms with E-state index in [1.807, 2.05) is 34.9 Å². The number of hydrogen-bond acceptors (Lipinski definition) is 3. The van der Waals surface area contributed by atoms with Gasteiger partial charge in [-0.05, 0) is 12.1 Å². The second-order valence-electron chi connectivity index (χ2n) is 4.32. The van der Waals surface area contributed by atoms with Crippen LogP contribution >= 0.6 is 0 Å². The average molecular weight is 297 g/mol. The molecule has 0 aliphatic heterocycles. The lowest BCUT2D eigenvalue weighted by Gasteiger charge is -2.05. The van der Waals surface area contributed by atoms with Gasteiger partial charge in [0.2, 0.25) is 6.33 Å². The monoisotopic (exact) mass is 296 g/mol. The van der Waals surface area contributed by atoms with E-state index in [-0.39, 0.29) is 23.7 Å². The first-order chi connectivity index (χ1) is 9.16. The van der Waals surface area contributed by atoms with Gasteiger partial charge in [-0.1, -0.05) is 12.1 Å². The van der Waals surface area contributed by atoms with Crippen molar-refractivity contribution in [3.8, 4) is 5.75 Å². The fraction of sp³-hybridized carbons (Fsp3) is 0.286. The number of halogens is 1. The molecule has 0 aliphatic carbocycles. The van der Waals surface area contributed by atoms with Crippen molar-refractivity contribution in [1.29, 1.82) is 0 Å². The fourth-order valence-electron chi connectivity index (χ4n) is 1.77. The molecule has 6 heteroatoms. The summed E-state index contributed by atoms with van der Waals surface area (Å²) in [5.41, 5.74) is 0.204. The van der Waals surface area contributed by atoms with Crippen molar-refractivity contribution in [1.82, 2.24) is 4.57 Å². The normalized spacial score (nSPS) is 9.85. The first-order valence-corrected chi connectivity index (χ1v) is 6.13. The predicted molar refractivity (Wildman–Crippen MR) is 68.6 cm³/mol. The van der Waals surface area contributed by atoms with Gasteiger partial charge < -0.3 is 22.3 Å². The molecule has 2 rings (SSSR count). The zero-order valence-corrected chi connectivity index (χ0v) is 12.0. The summed E-state index contributed by atoms with van der Waals surface area (Å²) in [4.78, 5) is 11.7. The molecule has 1 heterocycles. The lowest BCUT2D eigenvalue weighted by molar-refractivity contribution is -0.671. The molecule has 2 aromatic rings. The minimum absolute atomic E-state index is 0. The molecule has 0 spiro atoms. The van der Waals surface area contributed by atoms with E-state index in [4.69, 9.17) is 4.74 Å². The summed E-state index contributed by atoms with van der Waals surface area (Å²) < 4.78 is 9.09. The lowest BCUT2D eigenvalue weighted by Crippen LogP contribution is -3.00. The number of phenols is 1. The fourth-order valence-corrected chi connectivity index (χ4v) is 1.77. The molecule has 0 unspecified atom stereocenters. The van der Waals surface area contributed by atoms with Gasteiger partial charge in [-0.3, -0.25) is 0 Å². The highest BCUT2D eigenvalue weighted by molar-refractivity contribution is 5.92. The number of carbonyl (C=O) groups is 1. The zero-order chi connectivity index (χ0) is 13.7. The van der Waals surface area contributed by atoms with E-state index < -0.39 is 5.97 Å². The number of aromatic nitrogens is 2. The van der Waals surface area contributed by atoms with Crippen molar-refractivity contribution in [3.05, 3.63) is 48.5 Å². The number of nitrogens with zero attached hydrogens (tertiary/aromatic N) is 2. The van der Waals surface area contributed by atoms with Gasteiger partial charge in [-0.25, -0.2) is 13.9 Å². The number of benzene rings is 1. The van der Waals surface area contributed by atoms with Crippen LogP contribution in [0.25, 0.3) is 0 Å². The van der Waals surface area contributed by atoms with Gasteiger partial charge >= 0.3 is 5.97 Å². The van der Waals surface area contributed by atoms with Crippen LogP contribution in [0.4, 0.5) is 0 Å². The Labute approximate surface area is 123 Å². The quantitative estimate of drug-likeness (QED) is 0.405. The molecule has 1 aromatic heterocycles. The third kappa shape index (κ3) is 4.28. The molecular formula is C14H17ClN2O3. The van der Waals surface area contributed by atoms with E-state index in [9.17, 15) is 9.90 Å². The minimum atomic E-state index is -0.490. The van der Waals surface area contributed by atoms with Gasteiger partial charge in [-0.15, -0.1) is 0 Å². The molecule has 0 aliphatic rings. The van der Waals surface area contributed by atoms with Crippen LogP contribution in [0, 0.1) is 0 Å². The third-order valence-corrected chi connectivity index (χ3v) is 2.74. The van der Waals surface area contributed by atoms with E-state index in [0.717, 1.165) is 13.0 Å². The molecule has 0 bridgehead atoms. The summed E-state index contributed by atoms with van der Waals surface area (Å²) in [6.07, 6.45) is 6.61. The molecule has 0 fully saturated rings. The Morgan fingerprint density at radius 2 is 2.15 bits per heavy atom. The van der Waals surface area contributed by atoms with Gasteiger partial charge in [-0.2, -0.15) is 0 Å². The largest absolute Gasteiger partial charge is 1.00 e. The number of para-hydroxylation sites is 1. The number of rotatable bonds is 5. The second-order valence-corrected chi connectivity index (χ2v) is 4.32. The maximum absolute atomic E-state index is 11.7. The van der Waals surface area contributed by atoms with Crippen LogP contribution in [0.15, 0.2) is 43.0 Å². The lowest BCUT2D eigenvalue weighted by atomic mass is 10.2. The zero-order valence-electron chi connectivity index (χ0n) is 11.2. The first kappa shape index (κ1) is 16.0. The summed E-state index contributed by atoms with van der Waals surface area (Å²) in [6.45, 7) is 1.12. The average Bonchev–Trinajstić information content (AvgIpc) is 2.81. The molecular weight excluding hydrogens is 280 g/mol. The summed E-state index contributed by atoms with van der Waals surface area (Å²) >= 11 is 0. The topological polar surface area (TPSA) is 55.3 Å². The van der Waals surface area contributed by atoms with E-state index in [1.165, 1.54) is 6.07 Å². The smallest absolute Gasteiger partial charge is 0.341 e. The number of phenolic OH excluding ortho intramolecular Hbond substituents is 1. The molecule has 0 saturated heterocycles. The van der Waals surface area contributed by atoms with Gasteiger partial charge in [0.15, 0.2) is 0 Å². The molecule has 5 nitrogen and oxygen atoms in total. The van der Waals surface area contributed by atoms with E-state index in [0.29, 0.717) is 6.61 Å². The molecule has 108 valence electrons. The molecule has 0 atom stereocenters. The van der Waals surface area contributed by atoms with E-state index >= 15 is 0 Å². The molecule has 0 radical (unpaired) electrons. The Balaban J connectivity index is 0.00000200. The second kappa shape index (κ2) is 7.55. The van der Waals surface area contributed by atoms with Gasteiger partial charge in [0.25, 0.3) is 0 Å². The van der Waals surface area contributed by atoms with Crippen molar-refractivity contribution in [2.75, 3.05) is 6.61 Å². The highest BCUT2D eigenvalue weighted by atomic mass is 35.5. The first-order valence-electron chi connectivity index (χ1n) is 6.13. The number of hydrogen-bond donors (Lipinski definition) is 1. The maximum atomic E-state index is 11.7. The number of aryl methyl sites for hydroxylation is 2. The van der Waals surface area contributed by atoms with E-state index in [2.05, 4.69) is 0 Å². The highest BCUT2D eigenvalue weighted by Crippen LogP contribution is 2.16. The van der Waals surface area contributed by atoms with Crippen LogP contribution in [0.1, 0.15) is 16.8 Å². The number of carbonyl (C=O) groups excluding carboxylic acids is 1. The van der Waals surface area contributed by atoms with Crippen molar-refractivity contribution in [2.45, 2.75) is 13.0 Å². The molecule has 1 N–H and O–H groups in total. The summed E-state index contributed by atoms with van der Waals surface area (Å²) in [6, 6.07) is 6.37. The van der Waals surface area contributed by atoms with Crippen LogP contribution < -0.4 is 17.0 Å². The van der Waals surface area contributed by atoms with Gasteiger partial charge in [0, 0.05) is 6.42 Å². The Bertz CT molecular complexity index is 569. The van der Waals surface area contributed by atoms with Crippen LogP contribution in [0.3, 0.4) is 0 Å². The number of esters is 1. The highest BCUT2D eigenvalue weighted by Gasteiger charge is 2.11. The summed E-state index contributed by atoms with van der Waals surface area (Å²) in [5, 5.41) is 9.51. The van der Waals surface area contributed by atoms with Crippen molar-refractivity contribution in [3.63, 3.8) is 0 Å². The number of ether oxygens (including phenoxy) is 1. The summed E-state index contributed by atoms with van der Waals surface area (Å²) in [5.74, 6) is -0.541. The Morgan fingerprint density at radius 1 is 1.40 bits per heavy atom. The van der Waals surface area contributed by atoms with E-state index in [1.54, 1.807) is 18.2 Å². The molecule has 20 heavy (non-hydrogen) atoms. The number of aromatic hydroxyl groups is 1. The SMILES string of the molecule is C[n+]1ccn(CCCOC(=O)c2ccccc2O)c1.[Cl-].